The van der Waals surface area contributed by atoms with Crippen LogP contribution in [0.1, 0.15) is 36.3 Å². The number of rotatable bonds is 3. The lowest BCUT2D eigenvalue weighted by Gasteiger charge is -2.31. The lowest BCUT2D eigenvalue weighted by molar-refractivity contribution is -0.137. The van der Waals surface area contributed by atoms with E-state index in [1.54, 1.807) is 0 Å². The van der Waals surface area contributed by atoms with Gasteiger partial charge in [0.25, 0.3) is 0 Å². The van der Waals surface area contributed by atoms with Crippen LogP contribution in [0.25, 0.3) is 0 Å². The number of hydrogen-bond donors (Lipinski definition) is 1. The first-order chi connectivity index (χ1) is 13.7. The smallest absolute Gasteiger partial charge is 0.323 e. The molecule has 1 N–H and O–H groups in total. The minimum atomic E-state index is -4.66. The summed E-state index contributed by atoms with van der Waals surface area (Å²) in [4.78, 5) is 12.7. The molecule has 0 bridgehead atoms. The van der Waals surface area contributed by atoms with Crippen molar-refractivity contribution >= 4 is 27.5 Å². The van der Waals surface area contributed by atoms with E-state index in [9.17, 15) is 27.6 Å². The van der Waals surface area contributed by atoms with E-state index in [0.717, 1.165) is 22.2 Å². The molecule has 1 aliphatic carbocycles. The Hall–Kier alpha value is -2.40. The van der Waals surface area contributed by atoms with E-state index in [-0.39, 0.29) is 17.5 Å². The second kappa shape index (κ2) is 8.54. The number of hydrogen-bond acceptors (Lipinski definition) is 2. The van der Waals surface area contributed by atoms with Crippen molar-refractivity contribution in [1.29, 1.82) is 5.26 Å². The maximum absolute atomic E-state index is 14.1. The van der Waals surface area contributed by atoms with Gasteiger partial charge in [-0.25, -0.2) is 4.39 Å². The molecule has 3 unspecified atom stereocenters. The molecule has 2 aromatic carbocycles. The quantitative estimate of drug-likeness (QED) is 0.539. The average molecular weight is 469 g/mol. The van der Waals surface area contributed by atoms with Crippen LogP contribution in [-0.2, 0) is 11.0 Å². The number of halogens is 5. The Morgan fingerprint density at radius 2 is 1.79 bits per heavy atom. The molecule has 1 amide bonds. The van der Waals surface area contributed by atoms with Gasteiger partial charge in [0, 0.05) is 16.3 Å². The molecule has 3 rings (SSSR count). The van der Waals surface area contributed by atoms with E-state index in [0.29, 0.717) is 25.3 Å². The Kier molecular flexibility index (Phi) is 6.27. The normalized spacial score (nSPS) is 22.0. The summed E-state index contributed by atoms with van der Waals surface area (Å²) < 4.78 is 53.0. The highest BCUT2D eigenvalue weighted by Gasteiger charge is 2.35. The van der Waals surface area contributed by atoms with E-state index in [4.69, 9.17) is 0 Å². The van der Waals surface area contributed by atoms with E-state index in [1.807, 2.05) is 24.3 Å². The highest BCUT2D eigenvalue weighted by molar-refractivity contribution is 9.10. The minimum absolute atomic E-state index is 0.00491. The Morgan fingerprint density at radius 1 is 1.10 bits per heavy atom. The molecule has 29 heavy (non-hydrogen) atoms. The van der Waals surface area contributed by atoms with E-state index in [1.165, 1.54) is 0 Å². The number of nitrogens with zero attached hydrogens (tertiary/aromatic N) is 1. The second-order valence-corrected chi connectivity index (χ2v) is 8.08. The largest absolute Gasteiger partial charge is 0.416 e. The topological polar surface area (TPSA) is 52.9 Å². The zero-order valence-electron chi connectivity index (χ0n) is 15.1. The van der Waals surface area contributed by atoms with Crippen LogP contribution in [0.15, 0.2) is 46.9 Å². The predicted molar refractivity (Wildman–Crippen MR) is 103 cm³/mol. The van der Waals surface area contributed by atoms with Crippen LogP contribution in [0, 0.1) is 29.0 Å². The number of amides is 1. The number of carbonyl (C=O) groups is 1. The molecule has 3 nitrogen and oxygen atoms in total. The number of anilines is 1. The van der Waals surface area contributed by atoms with Crippen LogP contribution in [0.2, 0.25) is 0 Å². The summed E-state index contributed by atoms with van der Waals surface area (Å²) in [5.74, 6) is -2.51. The van der Waals surface area contributed by atoms with Gasteiger partial charge in [-0.1, -0.05) is 28.1 Å². The summed E-state index contributed by atoms with van der Waals surface area (Å²) in [5.41, 5.74) is -0.417. The summed E-state index contributed by atoms with van der Waals surface area (Å²) in [7, 11) is 0. The van der Waals surface area contributed by atoms with Gasteiger partial charge in [0.15, 0.2) is 0 Å². The molecule has 2 aromatic rings. The Labute approximate surface area is 173 Å². The van der Waals surface area contributed by atoms with Crippen LogP contribution in [-0.4, -0.2) is 5.91 Å². The first-order valence-electron chi connectivity index (χ1n) is 9.00. The van der Waals surface area contributed by atoms with Crippen molar-refractivity contribution in [2.75, 3.05) is 5.32 Å². The van der Waals surface area contributed by atoms with Gasteiger partial charge in [-0.2, -0.15) is 18.4 Å². The van der Waals surface area contributed by atoms with Gasteiger partial charge in [0.2, 0.25) is 5.91 Å². The monoisotopic (exact) mass is 468 g/mol. The lowest BCUT2D eigenvalue weighted by Crippen LogP contribution is -2.31. The van der Waals surface area contributed by atoms with Crippen LogP contribution in [0.4, 0.5) is 23.2 Å². The summed E-state index contributed by atoms with van der Waals surface area (Å²) in [5, 5.41) is 11.8. The third-order valence-electron chi connectivity index (χ3n) is 5.16. The van der Waals surface area contributed by atoms with Gasteiger partial charge < -0.3 is 5.32 Å². The molecular weight excluding hydrogens is 452 g/mol. The third-order valence-corrected chi connectivity index (χ3v) is 5.68. The van der Waals surface area contributed by atoms with Gasteiger partial charge in [-0.15, -0.1) is 0 Å². The Bertz CT molecular complexity index is 937. The highest BCUT2D eigenvalue weighted by Crippen LogP contribution is 2.40. The van der Waals surface area contributed by atoms with Crippen LogP contribution in [0.5, 0.6) is 0 Å². The molecule has 0 aromatic heterocycles. The van der Waals surface area contributed by atoms with Gasteiger partial charge in [-0.05, 0) is 61.1 Å². The van der Waals surface area contributed by atoms with Crippen LogP contribution in [0.3, 0.4) is 0 Å². The zero-order chi connectivity index (χ0) is 21.2. The van der Waals surface area contributed by atoms with Gasteiger partial charge in [0.1, 0.15) is 5.82 Å². The van der Waals surface area contributed by atoms with E-state index >= 15 is 0 Å². The fraction of sp³-hybridized carbons (Fsp3) is 0.333. The SMILES string of the molecule is N#CC1CC(C(=O)Nc2ccc(C(F)(F)F)cc2F)CC(c2ccc(Br)cc2)C1. The molecule has 1 saturated carbocycles. The van der Waals surface area contributed by atoms with Crippen LogP contribution < -0.4 is 5.32 Å². The molecule has 0 aliphatic heterocycles. The standard InChI is InChI=1S/C21H17BrF4N2O/c22-17-4-1-13(2-5-17)14-7-12(11-27)8-15(9-14)20(29)28-19-6-3-16(10-18(19)23)21(24,25)26/h1-6,10,12,14-15H,7-9H2,(H,28,29). The van der Waals surface area contributed by atoms with Crippen molar-refractivity contribution in [2.24, 2.45) is 11.8 Å². The minimum Gasteiger partial charge on any atom is -0.323 e. The highest BCUT2D eigenvalue weighted by atomic mass is 79.9. The number of nitriles is 1. The molecule has 0 heterocycles. The third kappa shape index (κ3) is 5.15. The summed E-state index contributed by atoms with van der Waals surface area (Å²) >= 11 is 3.37. The van der Waals surface area contributed by atoms with Crippen molar-refractivity contribution in [1.82, 2.24) is 0 Å². The molecule has 1 aliphatic rings. The van der Waals surface area contributed by atoms with E-state index in [2.05, 4.69) is 27.3 Å². The summed E-state index contributed by atoms with van der Waals surface area (Å²) in [6, 6.07) is 11.8. The molecule has 0 radical (unpaired) electrons. The van der Waals surface area contributed by atoms with Crippen molar-refractivity contribution in [3.05, 3.63) is 63.9 Å². The molecular formula is C21H17BrF4N2O. The van der Waals surface area contributed by atoms with Gasteiger partial charge in [-0.3, -0.25) is 4.79 Å². The van der Waals surface area contributed by atoms with Gasteiger partial charge in [0.05, 0.1) is 17.3 Å². The number of carbonyl (C=O) groups excluding carboxylic acids is 1. The Balaban J connectivity index is 1.75. The van der Waals surface area contributed by atoms with Crippen molar-refractivity contribution < 1.29 is 22.4 Å². The van der Waals surface area contributed by atoms with Crippen molar-refractivity contribution in [3.8, 4) is 6.07 Å². The van der Waals surface area contributed by atoms with Crippen LogP contribution >= 0.6 is 15.9 Å². The maximum Gasteiger partial charge on any atom is 0.416 e. The van der Waals surface area contributed by atoms with Crippen molar-refractivity contribution in [2.45, 2.75) is 31.4 Å². The molecule has 1 fully saturated rings. The maximum atomic E-state index is 14.1. The van der Waals surface area contributed by atoms with E-state index < -0.39 is 29.4 Å². The number of alkyl halides is 3. The average Bonchev–Trinajstić information content (AvgIpc) is 2.68. The predicted octanol–water partition coefficient (Wildman–Crippen LogP) is 6.27. The first-order valence-corrected chi connectivity index (χ1v) is 9.79. The Morgan fingerprint density at radius 3 is 2.38 bits per heavy atom. The zero-order valence-corrected chi connectivity index (χ0v) is 16.7. The first kappa shape index (κ1) is 21.3. The second-order valence-electron chi connectivity index (χ2n) is 7.16. The van der Waals surface area contributed by atoms with Crippen molar-refractivity contribution in [3.63, 3.8) is 0 Å². The fourth-order valence-corrected chi connectivity index (χ4v) is 3.94. The van der Waals surface area contributed by atoms with Gasteiger partial charge >= 0.3 is 6.18 Å². The molecule has 0 spiro atoms. The summed E-state index contributed by atoms with van der Waals surface area (Å²) in [6.45, 7) is 0. The molecule has 152 valence electrons. The fourth-order valence-electron chi connectivity index (χ4n) is 3.67. The molecule has 3 atom stereocenters. The number of benzene rings is 2. The summed E-state index contributed by atoms with van der Waals surface area (Å²) in [6.07, 6.45) is -3.23. The number of nitrogens with one attached hydrogen (secondary N) is 1. The molecule has 8 heteroatoms. The lowest BCUT2D eigenvalue weighted by atomic mass is 9.73. The molecule has 0 saturated heterocycles.